The second-order valence-electron chi connectivity index (χ2n) is 4.73. The fourth-order valence-corrected chi connectivity index (χ4v) is 2.52. The van der Waals surface area contributed by atoms with E-state index < -0.39 is 0 Å². The Morgan fingerprint density at radius 3 is 2.89 bits per heavy atom. The molecule has 2 aromatic carbocycles. The summed E-state index contributed by atoms with van der Waals surface area (Å²) in [5.74, 6) is 0. The summed E-state index contributed by atoms with van der Waals surface area (Å²) < 4.78 is 0. The molecule has 0 aliphatic carbocycles. The molecule has 1 heterocycles. The van der Waals surface area contributed by atoms with Crippen LogP contribution in [0.25, 0.3) is 21.8 Å². The largest absolute Gasteiger partial charge is 0.397 e. The quantitative estimate of drug-likeness (QED) is 0.543. The summed E-state index contributed by atoms with van der Waals surface area (Å²) in [6.07, 6.45) is 0. The molecule has 3 aromatic rings. The number of aromatic amines is 1. The maximum atomic E-state index is 8.99. The highest BCUT2D eigenvalue weighted by molar-refractivity contribution is 6.17. The van der Waals surface area contributed by atoms with Crippen molar-refractivity contribution >= 4 is 33.2 Å². The van der Waals surface area contributed by atoms with E-state index in [1.807, 2.05) is 31.2 Å². The molecule has 0 bridgehead atoms. The van der Waals surface area contributed by atoms with Gasteiger partial charge >= 0.3 is 0 Å². The molecule has 98 valence electrons. The van der Waals surface area contributed by atoms with E-state index in [9.17, 15) is 0 Å². The Morgan fingerprint density at radius 1 is 1.32 bits per heavy atom. The van der Waals surface area contributed by atoms with Crippen LogP contribution >= 0.6 is 0 Å². The highest BCUT2D eigenvalue weighted by atomic mass is 16.3. The van der Waals surface area contributed by atoms with Crippen molar-refractivity contribution in [2.75, 3.05) is 24.2 Å². The van der Waals surface area contributed by atoms with Crippen molar-refractivity contribution in [3.63, 3.8) is 0 Å². The molecule has 0 atom stereocenters. The number of hydrogen-bond acceptors (Lipinski definition) is 3. The molecule has 0 amide bonds. The van der Waals surface area contributed by atoms with Crippen LogP contribution in [-0.2, 0) is 0 Å². The smallest absolute Gasteiger partial charge is 0.0722 e. The molecule has 4 heteroatoms. The number of aliphatic hydroxyl groups excluding tert-OH is 1. The van der Waals surface area contributed by atoms with Gasteiger partial charge in [-0.3, -0.25) is 0 Å². The second-order valence-corrected chi connectivity index (χ2v) is 4.73. The van der Waals surface area contributed by atoms with Gasteiger partial charge in [0, 0.05) is 28.5 Å². The Morgan fingerprint density at radius 2 is 2.11 bits per heavy atom. The first-order chi connectivity index (χ1) is 9.22. The summed E-state index contributed by atoms with van der Waals surface area (Å²) in [5.41, 5.74) is 11.0. The van der Waals surface area contributed by atoms with Crippen LogP contribution in [0.1, 0.15) is 5.56 Å². The second kappa shape index (κ2) is 4.48. The summed E-state index contributed by atoms with van der Waals surface area (Å²) in [4.78, 5) is 3.38. The highest BCUT2D eigenvalue weighted by Gasteiger charge is 2.12. The third-order valence-corrected chi connectivity index (χ3v) is 3.46. The van der Waals surface area contributed by atoms with Crippen LogP contribution in [0.3, 0.4) is 0 Å². The average molecular weight is 255 g/mol. The lowest BCUT2D eigenvalue weighted by molar-refractivity contribution is 0.311. The van der Waals surface area contributed by atoms with Crippen molar-refractivity contribution in [2.24, 2.45) is 0 Å². The molecule has 4 nitrogen and oxygen atoms in total. The van der Waals surface area contributed by atoms with Gasteiger partial charge < -0.3 is 21.1 Å². The maximum absolute atomic E-state index is 8.99. The van der Waals surface area contributed by atoms with Crippen molar-refractivity contribution < 1.29 is 5.11 Å². The van der Waals surface area contributed by atoms with E-state index in [0.29, 0.717) is 6.54 Å². The fourth-order valence-electron chi connectivity index (χ4n) is 2.52. The zero-order chi connectivity index (χ0) is 13.4. The van der Waals surface area contributed by atoms with Crippen molar-refractivity contribution in [1.29, 1.82) is 0 Å². The Hall–Kier alpha value is -2.20. The number of nitrogens with one attached hydrogen (secondary N) is 2. The number of rotatable bonds is 3. The van der Waals surface area contributed by atoms with Crippen LogP contribution in [0.4, 0.5) is 11.4 Å². The molecule has 0 radical (unpaired) electrons. The van der Waals surface area contributed by atoms with E-state index in [-0.39, 0.29) is 6.61 Å². The molecule has 19 heavy (non-hydrogen) atoms. The van der Waals surface area contributed by atoms with E-state index in [1.165, 1.54) is 0 Å². The number of aromatic nitrogens is 1. The summed E-state index contributed by atoms with van der Waals surface area (Å²) in [6, 6.07) is 10.2. The number of aryl methyl sites for hydroxylation is 1. The number of benzene rings is 2. The molecule has 0 spiro atoms. The molecular formula is C15H17N3O. The van der Waals surface area contributed by atoms with Crippen LogP contribution in [-0.4, -0.2) is 23.2 Å². The third kappa shape index (κ3) is 1.81. The predicted octanol–water partition coefficient (Wildman–Crippen LogP) is 2.62. The lowest BCUT2D eigenvalue weighted by atomic mass is 10.1. The zero-order valence-electron chi connectivity index (χ0n) is 10.8. The maximum Gasteiger partial charge on any atom is 0.0722 e. The van der Waals surface area contributed by atoms with Crippen LogP contribution in [0.5, 0.6) is 0 Å². The predicted molar refractivity (Wildman–Crippen MR) is 80.5 cm³/mol. The van der Waals surface area contributed by atoms with Gasteiger partial charge in [0.15, 0.2) is 0 Å². The minimum absolute atomic E-state index is 0.104. The fraction of sp³-hybridized carbons (Fsp3) is 0.200. The lowest BCUT2D eigenvalue weighted by Crippen LogP contribution is -2.06. The van der Waals surface area contributed by atoms with Crippen LogP contribution in [0.15, 0.2) is 30.3 Å². The van der Waals surface area contributed by atoms with Crippen LogP contribution < -0.4 is 11.1 Å². The highest BCUT2D eigenvalue weighted by Crippen LogP contribution is 2.36. The monoisotopic (exact) mass is 255 g/mol. The van der Waals surface area contributed by atoms with Gasteiger partial charge in [0.25, 0.3) is 0 Å². The molecule has 0 saturated carbocycles. The van der Waals surface area contributed by atoms with Crippen molar-refractivity contribution in [3.05, 3.63) is 35.9 Å². The standard InChI is InChI=1S/C15H17N3O/c1-9-8-12(17-6-7-19)13-10-4-2-3-5-11(10)18-15(13)14(9)16/h2-5,8,17-19H,6-7,16H2,1H3. The van der Waals surface area contributed by atoms with Crippen LogP contribution in [0.2, 0.25) is 0 Å². The first-order valence-corrected chi connectivity index (χ1v) is 6.36. The van der Waals surface area contributed by atoms with Gasteiger partial charge in [-0.05, 0) is 24.6 Å². The summed E-state index contributed by atoms with van der Waals surface area (Å²) >= 11 is 0. The van der Waals surface area contributed by atoms with Gasteiger partial charge in [-0.1, -0.05) is 18.2 Å². The number of nitrogen functional groups attached to an aromatic ring is 1. The Balaban J connectivity index is 2.37. The normalized spacial score (nSPS) is 11.3. The Kier molecular flexibility index (Phi) is 2.80. The molecule has 0 aliphatic rings. The summed E-state index contributed by atoms with van der Waals surface area (Å²) in [7, 11) is 0. The number of para-hydroxylation sites is 1. The van der Waals surface area contributed by atoms with Crippen molar-refractivity contribution in [1.82, 2.24) is 4.98 Å². The number of hydrogen-bond donors (Lipinski definition) is 4. The third-order valence-electron chi connectivity index (χ3n) is 3.46. The molecule has 5 N–H and O–H groups in total. The molecule has 0 unspecified atom stereocenters. The number of nitrogens with two attached hydrogens (primary N) is 1. The van der Waals surface area contributed by atoms with Crippen LogP contribution in [0, 0.1) is 6.92 Å². The van der Waals surface area contributed by atoms with Gasteiger partial charge in [0.2, 0.25) is 0 Å². The summed E-state index contributed by atoms with van der Waals surface area (Å²) in [6.45, 7) is 2.62. The molecule has 3 rings (SSSR count). The minimum Gasteiger partial charge on any atom is -0.397 e. The van der Waals surface area contributed by atoms with E-state index in [0.717, 1.165) is 38.7 Å². The van der Waals surface area contributed by atoms with Gasteiger partial charge in [0.1, 0.15) is 0 Å². The number of fused-ring (bicyclic) bond motifs is 3. The molecule has 0 fully saturated rings. The average Bonchev–Trinajstić information content (AvgIpc) is 2.81. The molecule has 1 aromatic heterocycles. The van der Waals surface area contributed by atoms with E-state index in [1.54, 1.807) is 0 Å². The van der Waals surface area contributed by atoms with E-state index >= 15 is 0 Å². The van der Waals surface area contributed by atoms with Crippen molar-refractivity contribution in [3.8, 4) is 0 Å². The van der Waals surface area contributed by atoms with Gasteiger partial charge in [-0.25, -0.2) is 0 Å². The van der Waals surface area contributed by atoms with Crippen molar-refractivity contribution in [2.45, 2.75) is 6.92 Å². The first kappa shape index (κ1) is 11.9. The molecule has 0 saturated heterocycles. The topological polar surface area (TPSA) is 74.1 Å². The SMILES string of the molecule is Cc1cc(NCCO)c2c([nH]c3ccccc32)c1N. The minimum atomic E-state index is 0.104. The number of anilines is 2. The lowest BCUT2D eigenvalue weighted by Gasteiger charge is -2.10. The Bertz CT molecular complexity index is 746. The number of H-pyrrole nitrogens is 1. The zero-order valence-corrected chi connectivity index (χ0v) is 10.8. The molecule has 0 aliphatic heterocycles. The van der Waals surface area contributed by atoms with E-state index in [4.69, 9.17) is 10.8 Å². The van der Waals surface area contributed by atoms with E-state index in [2.05, 4.69) is 16.4 Å². The number of aliphatic hydroxyl groups is 1. The van der Waals surface area contributed by atoms with Gasteiger partial charge in [-0.15, -0.1) is 0 Å². The van der Waals surface area contributed by atoms with Gasteiger partial charge in [-0.2, -0.15) is 0 Å². The Labute approximate surface area is 111 Å². The van der Waals surface area contributed by atoms with Gasteiger partial charge in [0.05, 0.1) is 17.8 Å². The molecular weight excluding hydrogens is 238 g/mol. The first-order valence-electron chi connectivity index (χ1n) is 6.36. The summed E-state index contributed by atoms with van der Waals surface area (Å²) in [5, 5.41) is 14.5.